The largest absolute Gasteiger partial charge is 0.360 e. The summed E-state index contributed by atoms with van der Waals surface area (Å²) >= 11 is 11.6. The number of aryl methyl sites for hydroxylation is 2. The van der Waals surface area contributed by atoms with Gasteiger partial charge in [0.1, 0.15) is 6.33 Å². The zero-order valence-electron chi connectivity index (χ0n) is 13.6. The Morgan fingerprint density at radius 2 is 2.04 bits per heavy atom. The molecule has 23 heavy (non-hydrogen) atoms. The van der Waals surface area contributed by atoms with Crippen molar-refractivity contribution in [2.45, 2.75) is 27.1 Å². The van der Waals surface area contributed by atoms with Crippen LogP contribution in [-0.4, -0.2) is 40.5 Å². The molecule has 0 saturated carbocycles. The van der Waals surface area contributed by atoms with E-state index in [0.717, 1.165) is 49.2 Å². The van der Waals surface area contributed by atoms with E-state index in [-0.39, 0.29) is 0 Å². The molecule has 1 aliphatic rings. The number of benzene rings is 1. The van der Waals surface area contributed by atoms with E-state index in [2.05, 4.69) is 36.0 Å². The monoisotopic (exact) mass is 352 g/mol. The van der Waals surface area contributed by atoms with Gasteiger partial charge in [0.15, 0.2) is 6.67 Å². The Labute approximate surface area is 147 Å². The summed E-state index contributed by atoms with van der Waals surface area (Å²) in [7, 11) is 0. The van der Waals surface area contributed by atoms with Crippen molar-refractivity contribution in [3.8, 4) is 0 Å². The van der Waals surface area contributed by atoms with E-state index < -0.39 is 0 Å². The van der Waals surface area contributed by atoms with Gasteiger partial charge in [-0.3, -0.25) is 0 Å². The van der Waals surface area contributed by atoms with E-state index in [1.807, 2.05) is 21.6 Å². The zero-order valence-corrected chi connectivity index (χ0v) is 15.2. The summed E-state index contributed by atoms with van der Waals surface area (Å²) in [5.41, 5.74) is 2.53. The molecule has 0 unspecified atom stereocenters. The number of halogens is 1. The molecule has 1 fully saturated rings. The zero-order chi connectivity index (χ0) is 16.4. The van der Waals surface area contributed by atoms with Crippen LogP contribution in [0.2, 0.25) is 5.02 Å². The first-order chi connectivity index (χ1) is 11.1. The first kappa shape index (κ1) is 16.5. The SMILES string of the molecule is CCn1cnn(C[NH+]2CCN(c3cc(Cl)ccc3C)CC2)c1=S. The number of rotatable bonds is 4. The van der Waals surface area contributed by atoms with Gasteiger partial charge in [-0.05, 0) is 43.8 Å². The minimum absolute atomic E-state index is 0.803. The summed E-state index contributed by atoms with van der Waals surface area (Å²) in [5, 5.41) is 5.21. The molecule has 7 heteroatoms. The van der Waals surface area contributed by atoms with Gasteiger partial charge in [0.05, 0.1) is 26.2 Å². The molecule has 0 aliphatic carbocycles. The fraction of sp³-hybridized carbons (Fsp3) is 0.500. The molecule has 1 aromatic heterocycles. The minimum atomic E-state index is 0.803. The van der Waals surface area contributed by atoms with Crippen LogP contribution in [0.3, 0.4) is 0 Å². The predicted molar refractivity (Wildman–Crippen MR) is 95.8 cm³/mol. The molecule has 0 radical (unpaired) electrons. The van der Waals surface area contributed by atoms with E-state index in [4.69, 9.17) is 23.8 Å². The summed E-state index contributed by atoms with van der Waals surface area (Å²) in [4.78, 5) is 3.94. The van der Waals surface area contributed by atoms with Crippen LogP contribution in [0, 0.1) is 11.7 Å². The average molecular weight is 353 g/mol. The molecular formula is C16H23ClN5S+. The van der Waals surface area contributed by atoms with Crippen LogP contribution in [0.1, 0.15) is 12.5 Å². The maximum absolute atomic E-state index is 6.15. The molecule has 0 spiro atoms. The Morgan fingerprint density at radius 1 is 1.30 bits per heavy atom. The first-order valence-corrected chi connectivity index (χ1v) is 8.84. The molecule has 2 heterocycles. The van der Waals surface area contributed by atoms with Crippen LogP contribution < -0.4 is 9.80 Å². The van der Waals surface area contributed by atoms with Gasteiger partial charge in [0, 0.05) is 17.3 Å². The van der Waals surface area contributed by atoms with E-state index in [0.29, 0.717) is 0 Å². The fourth-order valence-corrected chi connectivity index (χ4v) is 3.51. The van der Waals surface area contributed by atoms with Gasteiger partial charge in [0.2, 0.25) is 4.77 Å². The molecule has 5 nitrogen and oxygen atoms in total. The third-order valence-corrected chi connectivity index (χ3v) is 5.17. The Bertz CT molecular complexity index is 730. The fourth-order valence-electron chi connectivity index (χ4n) is 3.05. The van der Waals surface area contributed by atoms with E-state index in [1.54, 1.807) is 0 Å². The molecule has 124 valence electrons. The van der Waals surface area contributed by atoms with Crippen LogP contribution in [-0.2, 0) is 13.2 Å². The molecule has 0 amide bonds. The Kier molecular flexibility index (Phi) is 5.04. The molecule has 0 bridgehead atoms. The Hall–Kier alpha value is -1.37. The number of hydrogen-bond donors (Lipinski definition) is 1. The lowest BCUT2D eigenvalue weighted by molar-refractivity contribution is -0.924. The highest BCUT2D eigenvalue weighted by molar-refractivity contribution is 7.71. The van der Waals surface area contributed by atoms with Crippen LogP contribution >= 0.6 is 23.8 Å². The second-order valence-electron chi connectivity index (χ2n) is 6.03. The van der Waals surface area contributed by atoms with Crippen LogP contribution in [0.25, 0.3) is 0 Å². The van der Waals surface area contributed by atoms with Gasteiger partial charge in [-0.25, -0.2) is 0 Å². The summed E-state index contributed by atoms with van der Waals surface area (Å²) in [6, 6.07) is 6.11. The van der Waals surface area contributed by atoms with E-state index in [1.165, 1.54) is 16.2 Å². The number of aromatic nitrogens is 3. The number of piperazine rings is 1. The minimum Gasteiger partial charge on any atom is -0.360 e. The summed E-state index contributed by atoms with van der Waals surface area (Å²) in [6.45, 7) is 10.1. The quantitative estimate of drug-likeness (QED) is 0.850. The smallest absolute Gasteiger partial charge is 0.202 e. The highest BCUT2D eigenvalue weighted by Gasteiger charge is 2.22. The standard InChI is InChI=1S/C16H22ClN5S/c1-3-20-11-18-22(16(20)23)12-19-6-8-21(9-7-19)15-10-14(17)5-4-13(15)2/h4-5,10-11H,3,6-9,12H2,1-2H3/p+1. The number of quaternary nitrogens is 1. The molecule has 1 saturated heterocycles. The van der Waals surface area contributed by atoms with Crippen molar-refractivity contribution in [2.75, 3.05) is 31.1 Å². The highest BCUT2D eigenvalue weighted by Crippen LogP contribution is 2.24. The lowest BCUT2D eigenvalue weighted by Crippen LogP contribution is -3.14. The Morgan fingerprint density at radius 3 is 2.70 bits per heavy atom. The lowest BCUT2D eigenvalue weighted by Gasteiger charge is -2.34. The van der Waals surface area contributed by atoms with Crippen molar-refractivity contribution in [3.63, 3.8) is 0 Å². The summed E-state index contributed by atoms with van der Waals surface area (Å²) in [6.07, 6.45) is 1.83. The maximum atomic E-state index is 6.15. The van der Waals surface area contributed by atoms with E-state index >= 15 is 0 Å². The molecule has 3 rings (SSSR count). The molecule has 0 atom stereocenters. The topological polar surface area (TPSA) is 30.4 Å². The van der Waals surface area contributed by atoms with Gasteiger partial charge in [0.25, 0.3) is 0 Å². The second-order valence-corrected chi connectivity index (χ2v) is 6.83. The second kappa shape index (κ2) is 7.03. The maximum Gasteiger partial charge on any atom is 0.202 e. The average Bonchev–Trinajstić information content (AvgIpc) is 2.91. The molecule has 1 aliphatic heterocycles. The molecule has 2 aromatic rings. The number of anilines is 1. The normalized spacial score (nSPS) is 16.0. The number of hydrogen-bond acceptors (Lipinski definition) is 3. The van der Waals surface area contributed by atoms with Crippen LogP contribution in [0.15, 0.2) is 24.5 Å². The summed E-state index contributed by atoms with van der Waals surface area (Å²) < 4.78 is 4.75. The third kappa shape index (κ3) is 3.59. The van der Waals surface area contributed by atoms with Gasteiger partial charge in [-0.2, -0.15) is 9.78 Å². The van der Waals surface area contributed by atoms with Crippen molar-refractivity contribution in [1.29, 1.82) is 0 Å². The van der Waals surface area contributed by atoms with Crippen molar-refractivity contribution >= 4 is 29.5 Å². The number of nitrogens with zero attached hydrogens (tertiary/aromatic N) is 4. The summed E-state index contributed by atoms with van der Waals surface area (Å²) in [5.74, 6) is 0. The van der Waals surface area contributed by atoms with Crippen molar-refractivity contribution in [1.82, 2.24) is 14.3 Å². The van der Waals surface area contributed by atoms with Crippen molar-refractivity contribution in [3.05, 3.63) is 39.9 Å². The van der Waals surface area contributed by atoms with Crippen molar-refractivity contribution < 1.29 is 4.90 Å². The van der Waals surface area contributed by atoms with Crippen molar-refractivity contribution in [2.24, 2.45) is 0 Å². The molecule has 1 N–H and O–H groups in total. The van der Waals surface area contributed by atoms with Gasteiger partial charge < -0.3 is 14.4 Å². The van der Waals surface area contributed by atoms with Crippen LogP contribution in [0.5, 0.6) is 0 Å². The third-order valence-electron chi connectivity index (χ3n) is 4.49. The molecule has 1 aromatic carbocycles. The first-order valence-electron chi connectivity index (χ1n) is 8.05. The van der Waals surface area contributed by atoms with Crippen LogP contribution in [0.4, 0.5) is 5.69 Å². The van der Waals surface area contributed by atoms with E-state index in [9.17, 15) is 0 Å². The predicted octanol–water partition coefficient (Wildman–Crippen LogP) is 1.76. The van der Waals surface area contributed by atoms with Gasteiger partial charge in [-0.15, -0.1) is 0 Å². The van der Waals surface area contributed by atoms with Gasteiger partial charge >= 0.3 is 0 Å². The highest BCUT2D eigenvalue weighted by atomic mass is 35.5. The Balaban J connectivity index is 1.63. The lowest BCUT2D eigenvalue weighted by atomic mass is 10.1. The number of nitrogens with one attached hydrogen (secondary N) is 1. The van der Waals surface area contributed by atoms with Gasteiger partial charge in [-0.1, -0.05) is 17.7 Å². The molecular weight excluding hydrogens is 330 g/mol.